The van der Waals surface area contributed by atoms with Gasteiger partial charge < -0.3 is 19.5 Å². The minimum atomic E-state index is -0.742. The van der Waals surface area contributed by atoms with Gasteiger partial charge in [0.15, 0.2) is 6.61 Å². The molecule has 0 rings (SSSR count). The van der Waals surface area contributed by atoms with Gasteiger partial charge in [-0.2, -0.15) is 0 Å². The Bertz CT molecular complexity index is 307. The number of esters is 2. The Morgan fingerprint density at radius 2 is 1.67 bits per heavy atom. The van der Waals surface area contributed by atoms with E-state index in [9.17, 15) is 14.4 Å². The van der Waals surface area contributed by atoms with Crippen molar-refractivity contribution in [3.63, 3.8) is 0 Å². The molecule has 0 atom stereocenters. The van der Waals surface area contributed by atoms with E-state index < -0.39 is 30.2 Å². The first-order chi connectivity index (χ1) is 8.24. The van der Waals surface area contributed by atoms with Crippen LogP contribution < -0.4 is 5.32 Å². The summed E-state index contributed by atoms with van der Waals surface area (Å²) in [5.74, 6) is -1.38. The highest BCUT2D eigenvalue weighted by molar-refractivity contribution is 5.80. The van der Waals surface area contributed by atoms with Crippen molar-refractivity contribution >= 4 is 18.0 Å². The van der Waals surface area contributed by atoms with Crippen LogP contribution in [0.1, 0.15) is 27.7 Å². The van der Waals surface area contributed by atoms with Crippen LogP contribution in [0.15, 0.2) is 0 Å². The van der Waals surface area contributed by atoms with Gasteiger partial charge in [-0.15, -0.1) is 0 Å². The van der Waals surface area contributed by atoms with Crippen LogP contribution in [0.2, 0.25) is 0 Å². The molecule has 0 aliphatic carbocycles. The third-order valence-electron chi connectivity index (χ3n) is 1.43. The molecule has 0 bridgehead atoms. The van der Waals surface area contributed by atoms with Gasteiger partial charge >= 0.3 is 18.0 Å². The van der Waals surface area contributed by atoms with Gasteiger partial charge in [-0.25, -0.2) is 9.59 Å². The lowest BCUT2D eigenvalue weighted by atomic mass is 10.2. The quantitative estimate of drug-likeness (QED) is 0.576. The van der Waals surface area contributed by atoms with Crippen molar-refractivity contribution in [2.45, 2.75) is 33.3 Å². The van der Waals surface area contributed by atoms with Crippen LogP contribution >= 0.6 is 0 Å². The van der Waals surface area contributed by atoms with E-state index in [0.717, 1.165) is 0 Å². The normalized spacial score (nSPS) is 10.4. The van der Waals surface area contributed by atoms with Gasteiger partial charge in [0, 0.05) is 0 Å². The molecule has 0 fully saturated rings. The van der Waals surface area contributed by atoms with E-state index in [4.69, 9.17) is 4.74 Å². The van der Waals surface area contributed by atoms with Crippen LogP contribution in [0.5, 0.6) is 0 Å². The molecule has 0 saturated heterocycles. The van der Waals surface area contributed by atoms with Crippen molar-refractivity contribution in [1.82, 2.24) is 5.32 Å². The summed E-state index contributed by atoms with van der Waals surface area (Å²) in [6, 6.07) is 0. The Morgan fingerprint density at radius 1 is 1.06 bits per heavy atom. The summed E-state index contributed by atoms with van der Waals surface area (Å²) in [4.78, 5) is 33.2. The maximum absolute atomic E-state index is 11.2. The summed E-state index contributed by atoms with van der Waals surface area (Å²) in [5, 5.41) is 2.21. The minimum Gasteiger partial charge on any atom is -0.463 e. The summed E-state index contributed by atoms with van der Waals surface area (Å²) in [6.45, 7) is 6.12. The van der Waals surface area contributed by atoms with Gasteiger partial charge in [0.05, 0.1) is 6.61 Å². The molecule has 0 aromatic rings. The van der Waals surface area contributed by atoms with Gasteiger partial charge in [-0.3, -0.25) is 4.79 Å². The smallest absolute Gasteiger partial charge is 0.408 e. The van der Waals surface area contributed by atoms with Crippen molar-refractivity contribution in [1.29, 1.82) is 0 Å². The Labute approximate surface area is 106 Å². The molecule has 7 nitrogen and oxygen atoms in total. The maximum atomic E-state index is 11.2. The summed E-state index contributed by atoms with van der Waals surface area (Å²) >= 11 is 0. The molecule has 0 unspecified atom stereocenters. The molecule has 0 aromatic carbocycles. The third kappa shape index (κ3) is 9.44. The average molecular weight is 261 g/mol. The minimum absolute atomic E-state index is 0.215. The van der Waals surface area contributed by atoms with Crippen LogP contribution in [-0.4, -0.2) is 43.4 Å². The summed E-state index contributed by atoms with van der Waals surface area (Å²) in [7, 11) is 0. The van der Waals surface area contributed by atoms with Crippen LogP contribution in [-0.2, 0) is 23.8 Å². The predicted molar refractivity (Wildman–Crippen MR) is 61.8 cm³/mol. The molecule has 1 amide bonds. The first-order valence-corrected chi connectivity index (χ1v) is 5.52. The number of ether oxygens (including phenoxy) is 3. The molecule has 0 spiro atoms. The Kier molecular flexibility index (Phi) is 6.77. The SMILES string of the molecule is CCOC(=O)COC(=O)CNC(=O)OC(C)(C)C. The van der Waals surface area contributed by atoms with Crippen molar-refractivity contribution in [2.75, 3.05) is 19.8 Å². The van der Waals surface area contributed by atoms with E-state index in [1.54, 1.807) is 27.7 Å². The fraction of sp³-hybridized carbons (Fsp3) is 0.727. The van der Waals surface area contributed by atoms with Gasteiger partial charge in [0.1, 0.15) is 12.1 Å². The fourth-order valence-corrected chi connectivity index (χ4v) is 0.852. The Balaban J connectivity index is 3.77. The number of rotatable bonds is 5. The molecule has 104 valence electrons. The van der Waals surface area contributed by atoms with E-state index in [2.05, 4.69) is 14.8 Å². The van der Waals surface area contributed by atoms with Crippen LogP contribution in [0.25, 0.3) is 0 Å². The number of hydrogen-bond acceptors (Lipinski definition) is 6. The topological polar surface area (TPSA) is 90.9 Å². The highest BCUT2D eigenvalue weighted by atomic mass is 16.6. The molecule has 0 radical (unpaired) electrons. The average Bonchev–Trinajstić information content (AvgIpc) is 2.21. The monoisotopic (exact) mass is 261 g/mol. The largest absolute Gasteiger partial charge is 0.463 e. The zero-order valence-electron chi connectivity index (χ0n) is 11.1. The molecule has 0 aromatic heterocycles. The zero-order chi connectivity index (χ0) is 14.2. The Hall–Kier alpha value is -1.79. The van der Waals surface area contributed by atoms with Crippen molar-refractivity contribution in [3.05, 3.63) is 0 Å². The van der Waals surface area contributed by atoms with E-state index in [1.807, 2.05) is 0 Å². The van der Waals surface area contributed by atoms with Gasteiger partial charge in [0.25, 0.3) is 0 Å². The zero-order valence-corrected chi connectivity index (χ0v) is 11.1. The number of carbonyl (C=O) groups excluding carboxylic acids is 3. The fourth-order valence-electron chi connectivity index (χ4n) is 0.852. The van der Waals surface area contributed by atoms with E-state index in [1.165, 1.54) is 0 Å². The summed E-state index contributed by atoms with van der Waals surface area (Å²) in [5.41, 5.74) is -0.640. The van der Waals surface area contributed by atoms with Crippen LogP contribution in [0.4, 0.5) is 4.79 Å². The number of amides is 1. The van der Waals surface area contributed by atoms with Crippen LogP contribution in [0, 0.1) is 0 Å². The van der Waals surface area contributed by atoms with Crippen LogP contribution in [0.3, 0.4) is 0 Å². The lowest BCUT2D eigenvalue weighted by molar-refractivity contribution is -0.157. The van der Waals surface area contributed by atoms with Gasteiger partial charge in [0.2, 0.25) is 0 Å². The van der Waals surface area contributed by atoms with E-state index in [0.29, 0.717) is 0 Å². The number of alkyl carbamates (subject to hydrolysis) is 1. The van der Waals surface area contributed by atoms with Gasteiger partial charge in [-0.1, -0.05) is 0 Å². The predicted octanol–water partition coefficient (Wildman–Crippen LogP) is 0.617. The molecule has 0 saturated carbocycles. The molecule has 18 heavy (non-hydrogen) atoms. The lowest BCUT2D eigenvalue weighted by Gasteiger charge is -2.19. The highest BCUT2D eigenvalue weighted by Crippen LogP contribution is 2.06. The maximum Gasteiger partial charge on any atom is 0.408 e. The first-order valence-electron chi connectivity index (χ1n) is 5.52. The first kappa shape index (κ1) is 16.2. The number of nitrogens with one attached hydrogen (secondary N) is 1. The van der Waals surface area contributed by atoms with E-state index in [-0.39, 0.29) is 13.2 Å². The van der Waals surface area contributed by atoms with Crippen molar-refractivity contribution < 1.29 is 28.6 Å². The molecule has 0 aliphatic heterocycles. The second kappa shape index (κ2) is 7.52. The third-order valence-corrected chi connectivity index (χ3v) is 1.43. The molecule has 0 heterocycles. The van der Waals surface area contributed by atoms with Crippen molar-refractivity contribution in [2.24, 2.45) is 0 Å². The Morgan fingerprint density at radius 3 is 2.17 bits per heavy atom. The molecular weight excluding hydrogens is 242 g/mol. The molecule has 1 N–H and O–H groups in total. The highest BCUT2D eigenvalue weighted by Gasteiger charge is 2.17. The second-order valence-electron chi connectivity index (χ2n) is 4.32. The molecule has 7 heteroatoms. The second-order valence-corrected chi connectivity index (χ2v) is 4.32. The molecular formula is C11H19NO6. The number of hydrogen-bond donors (Lipinski definition) is 1. The lowest BCUT2D eigenvalue weighted by Crippen LogP contribution is -2.36. The van der Waals surface area contributed by atoms with Gasteiger partial charge in [-0.05, 0) is 27.7 Å². The summed E-state index contributed by atoms with van der Waals surface area (Å²) in [6.07, 6.45) is -0.726. The van der Waals surface area contributed by atoms with E-state index >= 15 is 0 Å². The molecule has 0 aliphatic rings. The summed E-state index contributed by atoms with van der Waals surface area (Å²) < 4.78 is 14.0. The standard InChI is InChI=1S/C11H19NO6/c1-5-16-9(14)7-17-8(13)6-12-10(15)18-11(2,3)4/h5-7H2,1-4H3,(H,12,15). The van der Waals surface area contributed by atoms with Crippen molar-refractivity contribution in [3.8, 4) is 0 Å². The number of carbonyl (C=O) groups is 3.